The van der Waals surface area contributed by atoms with E-state index >= 15 is 0 Å². The van der Waals surface area contributed by atoms with E-state index in [1.807, 2.05) is 0 Å². The predicted octanol–water partition coefficient (Wildman–Crippen LogP) is 2.36. The van der Waals surface area contributed by atoms with Gasteiger partial charge in [-0.2, -0.15) is 13.2 Å². The highest BCUT2D eigenvalue weighted by Gasteiger charge is 2.45. The van der Waals surface area contributed by atoms with Crippen molar-refractivity contribution in [3.63, 3.8) is 0 Å². The molecule has 4 nitrogen and oxygen atoms in total. The number of amides is 2. The van der Waals surface area contributed by atoms with Crippen LogP contribution in [0.15, 0.2) is 48.6 Å². The molecule has 0 radical (unpaired) electrons. The summed E-state index contributed by atoms with van der Waals surface area (Å²) in [5, 5.41) is 9.17. The van der Waals surface area contributed by atoms with Gasteiger partial charge in [0.1, 0.15) is 0 Å². The van der Waals surface area contributed by atoms with Gasteiger partial charge in [0.05, 0.1) is 18.4 Å². The summed E-state index contributed by atoms with van der Waals surface area (Å²) in [5.74, 6) is 3.81. The van der Waals surface area contributed by atoms with Crippen LogP contribution in [0.2, 0.25) is 0 Å². The number of benzene rings is 1. The van der Waals surface area contributed by atoms with Gasteiger partial charge >= 0.3 is 6.18 Å². The van der Waals surface area contributed by atoms with Crippen LogP contribution in [0.5, 0.6) is 0 Å². The lowest BCUT2D eigenvalue weighted by atomic mass is 9.91. The number of likely N-dealkylation sites (tertiary alicyclic amines) is 1. The number of rotatable bonds is 2. The predicted molar refractivity (Wildman–Crippen MR) is 86.3 cm³/mol. The Morgan fingerprint density at radius 1 is 1.04 bits per heavy atom. The lowest BCUT2D eigenvalue weighted by Gasteiger charge is -2.14. The zero-order chi connectivity index (χ0) is 18.9. The van der Waals surface area contributed by atoms with Crippen molar-refractivity contribution in [2.24, 2.45) is 11.8 Å². The number of fused-ring (bicyclic) bond motifs is 1. The van der Waals surface area contributed by atoms with E-state index in [4.69, 9.17) is 0 Å². The van der Waals surface area contributed by atoms with Crippen molar-refractivity contribution in [2.75, 3.05) is 6.54 Å². The number of imide groups is 1. The number of carbonyl (C=O) groups excluding carboxylic acids is 2. The third-order valence-electron chi connectivity index (χ3n) is 4.24. The molecule has 1 aliphatic carbocycles. The van der Waals surface area contributed by atoms with E-state index in [1.165, 1.54) is 12.1 Å². The number of hydrogen-bond donors (Lipinski definition) is 1. The zero-order valence-electron chi connectivity index (χ0n) is 13.4. The molecule has 0 bridgehead atoms. The van der Waals surface area contributed by atoms with Crippen molar-refractivity contribution >= 4 is 11.8 Å². The van der Waals surface area contributed by atoms with E-state index in [-0.39, 0.29) is 23.9 Å². The van der Waals surface area contributed by atoms with Crippen LogP contribution >= 0.6 is 0 Å². The Hall–Kier alpha value is -2.85. The van der Waals surface area contributed by atoms with Crippen LogP contribution in [0.1, 0.15) is 17.2 Å². The summed E-state index contributed by atoms with van der Waals surface area (Å²) >= 11 is 0. The summed E-state index contributed by atoms with van der Waals surface area (Å²) in [6.45, 7) is -0.0841. The number of aliphatic hydroxyl groups excluding tert-OH is 1. The Bertz CT molecular complexity index is 814. The van der Waals surface area contributed by atoms with Crippen molar-refractivity contribution < 1.29 is 27.9 Å². The number of nitrogens with zero attached hydrogens (tertiary/aromatic N) is 1. The molecule has 1 aromatic rings. The molecular weight excluding hydrogens is 347 g/mol. The topological polar surface area (TPSA) is 57.6 Å². The minimum Gasteiger partial charge on any atom is -0.379 e. The van der Waals surface area contributed by atoms with Crippen LogP contribution < -0.4 is 0 Å². The van der Waals surface area contributed by atoms with E-state index in [0.29, 0.717) is 5.56 Å². The largest absolute Gasteiger partial charge is 0.418 e. The molecule has 2 amide bonds. The maximum atomic E-state index is 12.5. The molecule has 2 aliphatic rings. The van der Waals surface area contributed by atoms with Gasteiger partial charge in [0.15, 0.2) is 6.10 Å². The smallest absolute Gasteiger partial charge is 0.379 e. The quantitative estimate of drug-likeness (QED) is 0.650. The van der Waals surface area contributed by atoms with Crippen LogP contribution in [-0.4, -0.2) is 34.5 Å². The van der Waals surface area contributed by atoms with Gasteiger partial charge in [-0.05, 0) is 17.7 Å². The molecule has 1 fully saturated rings. The van der Waals surface area contributed by atoms with Gasteiger partial charge < -0.3 is 5.11 Å². The number of halogens is 3. The molecule has 7 heteroatoms. The summed E-state index contributed by atoms with van der Waals surface area (Å²) in [7, 11) is 0. The first-order valence-electron chi connectivity index (χ1n) is 7.83. The number of carbonyl (C=O) groups is 2. The second-order valence-electron chi connectivity index (χ2n) is 5.95. The van der Waals surface area contributed by atoms with Crippen LogP contribution in [0, 0.1) is 23.7 Å². The zero-order valence-corrected chi connectivity index (χ0v) is 13.4. The summed E-state index contributed by atoms with van der Waals surface area (Å²) in [6, 6.07) is 4.96. The van der Waals surface area contributed by atoms with Gasteiger partial charge in [0.25, 0.3) is 0 Å². The van der Waals surface area contributed by atoms with E-state index < -0.39 is 24.1 Å². The summed E-state index contributed by atoms with van der Waals surface area (Å²) in [4.78, 5) is 25.5. The van der Waals surface area contributed by atoms with Crippen molar-refractivity contribution in [1.29, 1.82) is 0 Å². The van der Waals surface area contributed by atoms with Crippen LogP contribution in [0.3, 0.4) is 0 Å². The Labute approximate surface area is 147 Å². The molecule has 1 aliphatic heterocycles. The van der Waals surface area contributed by atoms with E-state index in [9.17, 15) is 27.9 Å². The first kappa shape index (κ1) is 18.0. The van der Waals surface area contributed by atoms with Gasteiger partial charge in [-0.15, -0.1) is 0 Å². The Morgan fingerprint density at radius 2 is 1.58 bits per heavy atom. The van der Waals surface area contributed by atoms with Crippen molar-refractivity contribution in [1.82, 2.24) is 4.90 Å². The van der Waals surface area contributed by atoms with E-state index in [2.05, 4.69) is 11.8 Å². The molecule has 0 aromatic heterocycles. The number of aliphatic hydroxyl groups is 1. The van der Waals surface area contributed by atoms with Crippen LogP contribution in [0.25, 0.3) is 0 Å². The molecule has 26 heavy (non-hydrogen) atoms. The molecule has 1 aromatic carbocycles. The molecule has 1 saturated heterocycles. The average Bonchev–Trinajstić information content (AvgIpc) is 2.86. The second kappa shape index (κ2) is 6.81. The first-order chi connectivity index (χ1) is 12.3. The molecule has 0 spiro atoms. The maximum absolute atomic E-state index is 12.5. The summed E-state index contributed by atoms with van der Waals surface area (Å²) < 4.78 is 37.4. The number of hydrogen-bond acceptors (Lipinski definition) is 3. The third kappa shape index (κ3) is 3.41. The highest BCUT2D eigenvalue weighted by Crippen LogP contribution is 2.32. The van der Waals surface area contributed by atoms with Crippen molar-refractivity contribution in [3.05, 3.63) is 59.7 Å². The minimum atomic E-state index is -4.73. The number of allylic oxidation sites excluding steroid dienone is 2. The minimum absolute atomic E-state index is 0.0841. The first-order valence-corrected chi connectivity index (χ1v) is 7.83. The second-order valence-corrected chi connectivity index (χ2v) is 5.95. The monoisotopic (exact) mass is 361 g/mol. The lowest BCUT2D eigenvalue weighted by molar-refractivity contribution is -0.206. The van der Waals surface area contributed by atoms with Gasteiger partial charge in [-0.3, -0.25) is 14.5 Å². The van der Waals surface area contributed by atoms with E-state index in [0.717, 1.165) is 17.0 Å². The van der Waals surface area contributed by atoms with E-state index in [1.54, 1.807) is 24.3 Å². The number of alkyl halides is 3. The highest BCUT2D eigenvalue weighted by atomic mass is 19.4. The molecule has 0 saturated carbocycles. The molecule has 1 heterocycles. The van der Waals surface area contributed by atoms with Gasteiger partial charge in [-0.1, -0.05) is 48.3 Å². The molecule has 3 unspecified atom stereocenters. The molecule has 3 atom stereocenters. The highest BCUT2D eigenvalue weighted by molar-refractivity contribution is 6.07. The van der Waals surface area contributed by atoms with Crippen LogP contribution in [-0.2, 0) is 9.59 Å². The summed E-state index contributed by atoms with van der Waals surface area (Å²) in [6.07, 6.45) is -0.472. The fourth-order valence-electron chi connectivity index (χ4n) is 2.86. The molecule has 3 rings (SSSR count). The van der Waals surface area contributed by atoms with Crippen molar-refractivity contribution in [2.45, 2.75) is 12.3 Å². The average molecular weight is 361 g/mol. The fourth-order valence-corrected chi connectivity index (χ4v) is 2.86. The fraction of sp³-hybridized carbons (Fsp3) is 0.263. The third-order valence-corrected chi connectivity index (χ3v) is 4.24. The van der Waals surface area contributed by atoms with Gasteiger partial charge in [-0.25, -0.2) is 0 Å². The van der Waals surface area contributed by atoms with Crippen molar-refractivity contribution in [3.8, 4) is 11.8 Å². The Morgan fingerprint density at radius 3 is 2.08 bits per heavy atom. The van der Waals surface area contributed by atoms with Crippen LogP contribution in [0.4, 0.5) is 13.2 Å². The Balaban J connectivity index is 1.67. The molecule has 1 N–H and O–H groups in total. The van der Waals surface area contributed by atoms with Gasteiger partial charge in [0.2, 0.25) is 11.8 Å². The normalized spacial score (nSPS) is 22.8. The van der Waals surface area contributed by atoms with Gasteiger partial charge in [0, 0.05) is 5.56 Å². The standard InChI is InChI=1S/C19H14F3NO3/c20-19(21,22)16(24)13-9-7-12(8-10-13)4-3-11-23-17(25)14-5-1-2-6-15(14)18(23)26/h1-2,5-10,14-16,24H,11H2. The maximum Gasteiger partial charge on any atom is 0.418 e. The SMILES string of the molecule is O=C1C2C=CC=CC2C(=O)N1CC#Cc1ccc(C(O)C(F)(F)F)cc1. The molecular formula is C19H14F3NO3. The summed E-state index contributed by atoms with van der Waals surface area (Å²) in [5.41, 5.74) is 0.134. The molecule has 134 valence electrons. The lowest BCUT2D eigenvalue weighted by Crippen LogP contribution is -2.31. The Kier molecular flexibility index (Phi) is 4.70.